The van der Waals surface area contributed by atoms with Crippen LogP contribution >= 0.6 is 16.2 Å². The highest BCUT2D eigenvalue weighted by Gasteiger charge is 2.43. The number of rotatable bonds is 6. The maximum absolute atomic E-state index is 12.0. The average molecular weight is 314 g/mol. The van der Waals surface area contributed by atoms with E-state index in [1.807, 2.05) is 27.4 Å². The second kappa shape index (κ2) is 6.64. The summed E-state index contributed by atoms with van der Waals surface area (Å²) in [6.45, 7) is 10.1. The molecule has 8 heteroatoms. The Morgan fingerprint density at radius 1 is 1.26 bits per heavy atom. The van der Waals surface area contributed by atoms with Gasteiger partial charge in [0.1, 0.15) is 0 Å². The SMILES string of the molecule is CPCC(C(=O)OOC(C)(C)P(=O)(O)O)C(C)(C)C. The normalized spacial score (nSPS) is 15.8. The molecule has 0 saturated carbocycles. The minimum Gasteiger partial charge on any atom is -0.322 e. The van der Waals surface area contributed by atoms with Gasteiger partial charge in [0, 0.05) is 0 Å². The zero-order valence-electron chi connectivity index (χ0n) is 12.3. The Kier molecular flexibility index (Phi) is 6.65. The van der Waals surface area contributed by atoms with E-state index in [4.69, 9.17) is 9.79 Å². The van der Waals surface area contributed by atoms with Gasteiger partial charge in [-0.25, -0.2) is 4.79 Å². The van der Waals surface area contributed by atoms with Crippen molar-refractivity contribution in [3.63, 3.8) is 0 Å². The molecule has 0 heterocycles. The van der Waals surface area contributed by atoms with Crippen molar-refractivity contribution in [3.05, 3.63) is 0 Å². The molecule has 0 aliphatic rings. The third-order valence-electron chi connectivity index (χ3n) is 2.77. The number of hydrogen-bond donors (Lipinski definition) is 2. The van der Waals surface area contributed by atoms with Crippen LogP contribution in [0.1, 0.15) is 34.6 Å². The van der Waals surface area contributed by atoms with Gasteiger partial charge in [0.2, 0.25) is 5.34 Å². The van der Waals surface area contributed by atoms with Gasteiger partial charge in [0.15, 0.2) is 0 Å². The minimum atomic E-state index is -4.51. The summed E-state index contributed by atoms with van der Waals surface area (Å²) in [7, 11) is -3.93. The van der Waals surface area contributed by atoms with Crippen LogP contribution in [0.2, 0.25) is 0 Å². The average Bonchev–Trinajstić information content (AvgIpc) is 2.19. The van der Waals surface area contributed by atoms with Gasteiger partial charge >= 0.3 is 13.6 Å². The fourth-order valence-corrected chi connectivity index (χ4v) is 2.52. The lowest BCUT2D eigenvalue weighted by atomic mass is 9.82. The van der Waals surface area contributed by atoms with Crippen molar-refractivity contribution in [2.75, 3.05) is 12.8 Å². The van der Waals surface area contributed by atoms with Gasteiger partial charge in [-0.2, -0.15) is 4.89 Å². The molecule has 6 nitrogen and oxygen atoms in total. The van der Waals surface area contributed by atoms with Crippen LogP contribution in [0.4, 0.5) is 0 Å². The highest BCUT2D eigenvalue weighted by Crippen LogP contribution is 2.50. The maximum atomic E-state index is 12.0. The Labute approximate surface area is 116 Å². The largest absolute Gasteiger partial charge is 0.360 e. The minimum absolute atomic E-state index is 0.296. The first-order chi connectivity index (χ1) is 8.33. The highest BCUT2D eigenvalue weighted by atomic mass is 31.2. The lowest BCUT2D eigenvalue weighted by Crippen LogP contribution is -2.34. The molecular formula is C11H24O6P2. The summed E-state index contributed by atoms with van der Waals surface area (Å²) >= 11 is 0. The number of carbonyl (C=O) groups excluding carboxylic acids is 1. The number of carbonyl (C=O) groups is 1. The molecule has 2 unspecified atom stereocenters. The van der Waals surface area contributed by atoms with Crippen molar-refractivity contribution < 1.29 is 28.9 Å². The summed E-state index contributed by atoms with van der Waals surface area (Å²) in [5, 5.41) is -1.85. The molecule has 0 aliphatic carbocycles. The van der Waals surface area contributed by atoms with E-state index in [9.17, 15) is 9.36 Å². The molecule has 0 radical (unpaired) electrons. The Bertz CT molecular complexity index is 355. The summed E-state index contributed by atoms with van der Waals surface area (Å²) in [6.07, 6.45) is 0.655. The van der Waals surface area contributed by atoms with Gasteiger partial charge in [0.05, 0.1) is 5.92 Å². The summed E-state index contributed by atoms with van der Waals surface area (Å²) in [6, 6.07) is 0. The van der Waals surface area contributed by atoms with Crippen molar-refractivity contribution in [1.82, 2.24) is 0 Å². The van der Waals surface area contributed by atoms with E-state index in [0.29, 0.717) is 14.7 Å². The Morgan fingerprint density at radius 2 is 1.74 bits per heavy atom. The predicted octanol–water partition coefficient (Wildman–Crippen LogP) is 2.35. The van der Waals surface area contributed by atoms with Gasteiger partial charge in [0.25, 0.3) is 0 Å². The molecular weight excluding hydrogens is 290 g/mol. The van der Waals surface area contributed by atoms with E-state index < -0.39 is 18.9 Å². The molecule has 0 aromatic carbocycles. The Balaban J connectivity index is 4.73. The predicted molar refractivity (Wildman–Crippen MR) is 75.4 cm³/mol. The van der Waals surface area contributed by atoms with E-state index in [1.165, 1.54) is 13.8 Å². The topological polar surface area (TPSA) is 93.1 Å². The quantitative estimate of drug-likeness (QED) is 0.444. The van der Waals surface area contributed by atoms with Crippen LogP contribution in [-0.4, -0.2) is 33.9 Å². The van der Waals surface area contributed by atoms with Crippen LogP contribution in [-0.2, 0) is 19.1 Å². The number of hydrogen-bond acceptors (Lipinski definition) is 4. The second-order valence-electron chi connectivity index (χ2n) is 5.95. The molecule has 0 spiro atoms. The van der Waals surface area contributed by atoms with Gasteiger partial charge in [-0.1, -0.05) is 20.8 Å². The van der Waals surface area contributed by atoms with Gasteiger partial charge in [-0.15, -0.1) is 8.58 Å². The van der Waals surface area contributed by atoms with Crippen LogP contribution in [0.3, 0.4) is 0 Å². The molecule has 0 aliphatic heterocycles. The Morgan fingerprint density at radius 3 is 2.05 bits per heavy atom. The molecule has 0 fully saturated rings. The van der Waals surface area contributed by atoms with Crippen molar-refractivity contribution >= 4 is 22.1 Å². The van der Waals surface area contributed by atoms with Crippen molar-refractivity contribution in [3.8, 4) is 0 Å². The summed E-state index contributed by atoms with van der Waals surface area (Å²) < 4.78 is 11.1. The van der Waals surface area contributed by atoms with Gasteiger partial charge in [-0.3, -0.25) is 9.45 Å². The maximum Gasteiger partial charge on any atom is 0.360 e. The fourth-order valence-electron chi connectivity index (χ4n) is 1.20. The van der Waals surface area contributed by atoms with Crippen LogP contribution in [0, 0.1) is 11.3 Å². The lowest BCUT2D eigenvalue weighted by Gasteiger charge is -2.29. The molecule has 0 saturated heterocycles. The van der Waals surface area contributed by atoms with Crippen molar-refractivity contribution in [1.29, 1.82) is 0 Å². The zero-order valence-corrected chi connectivity index (χ0v) is 14.2. The van der Waals surface area contributed by atoms with Gasteiger partial charge in [-0.05, 0) is 32.1 Å². The third-order valence-corrected chi connectivity index (χ3v) is 5.06. The monoisotopic (exact) mass is 314 g/mol. The summed E-state index contributed by atoms with van der Waals surface area (Å²) in [5.41, 5.74) is -0.296. The van der Waals surface area contributed by atoms with Crippen LogP contribution in [0.25, 0.3) is 0 Å². The molecule has 2 N–H and O–H groups in total. The van der Waals surface area contributed by atoms with Crippen LogP contribution in [0.5, 0.6) is 0 Å². The molecule has 114 valence electrons. The van der Waals surface area contributed by atoms with Crippen LogP contribution < -0.4 is 0 Å². The second-order valence-corrected chi connectivity index (χ2v) is 9.23. The summed E-state index contributed by atoms with van der Waals surface area (Å²) in [4.78, 5) is 39.4. The van der Waals surface area contributed by atoms with E-state index >= 15 is 0 Å². The molecule has 0 aromatic rings. The lowest BCUT2D eigenvalue weighted by molar-refractivity contribution is -0.310. The van der Waals surface area contributed by atoms with E-state index in [0.717, 1.165) is 0 Å². The van der Waals surface area contributed by atoms with Crippen molar-refractivity contribution in [2.45, 2.75) is 40.0 Å². The van der Waals surface area contributed by atoms with E-state index in [-0.39, 0.29) is 11.3 Å². The fraction of sp³-hybridized carbons (Fsp3) is 0.909. The Hall–Kier alpha value is 0.01000. The first-order valence-corrected chi connectivity index (χ1v) is 9.24. The zero-order chi connectivity index (χ0) is 15.5. The molecule has 0 bridgehead atoms. The first-order valence-electron chi connectivity index (χ1n) is 5.92. The van der Waals surface area contributed by atoms with Crippen molar-refractivity contribution in [2.24, 2.45) is 11.3 Å². The molecule has 19 heavy (non-hydrogen) atoms. The van der Waals surface area contributed by atoms with Gasteiger partial charge < -0.3 is 9.79 Å². The highest BCUT2D eigenvalue weighted by molar-refractivity contribution is 7.53. The van der Waals surface area contributed by atoms with E-state index in [1.54, 1.807) is 0 Å². The smallest absolute Gasteiger partial charge is 0.322 e. The standard InChI is InChI=1S/C11H24O6P2/c1-10(2,3)8(7-18-6)9(12)16-17-11(4,5)19(13,14)15/h8,18H,7H2,1-6H3,(H2,13,14,15). The first kappa shape index (κ1) is 19.0. The molecule has 0 amide bonds. The third kappa shape index (κ3) is 5.88. The molecule has 0 aromatic heterocycles. The molecule has 2 atom stereocenters. The summed E-state index contributed by atoms with van der Waals surface area (Å²) in [5.74, 6) is -0.966. The van der Waals surface area contributed by atoms with E-state index in [2.05, 4.69) is 9.78 Å². The van der Waals surface area contributed by atoms with Crippen LogP contribution in [0.15, 0.2) is 0 Å². The molecule has 0 rings (SSSR count).